The van der Waals surface area contributed by atoms with Crippen LogP contribution < -0.4 is 5.73 Å². The van der Waals surface area contributed by atoms with Gasteiger partial charge < -0.3 is 5.73 Å². The minimum Gasteiger partial charge on any atom is -0.382 e. The molecule has 14 heavy (non-hydrogen) atoms. The van der Waals surface area contributed by atoms with Crippen molar-refractivity contribution in [3.8, 4) is 0 Å². The molecule has 0 amide bonds. The predicted octanol–water partition coefficient (Wildman–Crippen LogP) is 1.88. The number of rotatable bonds is 0. The summed E-state index contributed by atoms with van der Waals surface area (Å²) in [6, 6.07) is 1.76. The maximum absolute atomic E-state index is 5.81. The highest BCUT2D eigenvalue weighted by atomic mass is 35.5. The second-order valence-corrected chi connectivity index (χ2v) is 3.50. The number of hydrogen-bond acceptors (Lipinski definition) is 4. The molecule has 0 atom stereocenters. The maximum atomic E-state index is 5.81. The number of aromatic nitrogens is 3. The van der Waals surface area contributed by atoms with Gasteiger partial charge in [0.25, 0.3) is 0 Å². The molecule has 0 spiro atoms. The molecule has 0 saturated heterocycles. The van der Waals surface area contributed by atoms with Crippen LogP contribution in [-0.4, -0.2) is 15.0 Å². The number of fused-ring (bicyclic) bond motifs is 1. The standard InChI is InChI=1S/C9H9ClN4/c1-4-3-6(10)14-8-7(4)12-5(2)13-9(8)11/h3H,1-2H3,(H2,11,12,13). The highest BCUT2D eigenvalue weighted by Crippen LogP contribution is 2.21. The van der Waals surface area contributed by atoms with Gasteiger partial charge in [-0.05, 0) is 25.5 Å². The fourth-order valence-electron chi connectivity index (χ4n) is 1.36. The Morgan fingerprint density at radius 1 is 1.14 bits per heavy atom. The zero-order chi connectivity index (χ0) is 10.3. The van der Waals surface area contributed by atoms with Crippen molar-refractivity contribution in [2.24, 2.45) is 0 Å². The van der Waals surface area contributed by atoms with Crippen LogP contribution in [0.1, 0.15) is 11.4 Å². The Kier molecular flexibility index (Phi) is 2.00. The summed E-state index contributed by atoms with van der Waals surface area (Å²) in [6.07, 6.45) is 0. The van der Waals surface area contributed by atoms with Crippen LogP contribution >= 0.6 is 11.6 Å². The van der Waals surface area contributed by atoms with Crippen LogP contribution in [0.5, 0.6) is 0 Å². The number of aryl methyl sites for hydroxylation is 2. The number of pyridine rings is 1. The number of halogens is 1. The van der Waals surface area contributed by atoms with Gasteiger partial charge in [-0.1, -0.05) is 11.6 Å². The Morgan fingerprint density at radius 2 is 1.86 bits per heavy atom. The molecule has 0 bridgehead atoms. The van der Waals surface area contributed by atoms with Gasteiger partial charge >= 0.3 is 0 Å². The Morgan fingerprint density at radius 3 is 2.57 bits per heavy atom. The lowest BCUT2D eigenvalue weighted by molar-refractivity contribution is 1.08. The molecule has 2 N–H and O–H groups in total. The average Bonchev–Trinajstić information content (AvgIpc) is 2.07. The van der Waals surface area contributed by atoms with Gasteiger partial charge in [0.1, 0.15) is 16.5 Å². The molecule has 0 aromatic carbocycles. The van der Waals surface area contributed by atoms with Crippen molar-refractivity contribution in [1.82, 2.24) is 15.0 Å². The molecule has 0 aliphatic heterocycles. The van der Waals surface area contributed by atoms with Gasteiger partial charge in [-0.2, -0.15) is 0 Å². The molecule has 72 valence electrons. The molecule has 0 fully saturated rings. The number of nitrogens with two attached hydrogens (primary N) is 1. The zero-order valence-electron chi connectivity index (χ0n) is 7.87. The number of nitrogen functional groups attached to an aromatic ring is 1. The average molecular weight is 209 g/mol. The Bertz CT molecular complexity index is 462. The molecule has 2 aromatic rings. The summed E-state index contributed by atoms with van der Waals surface area (Å²) < 4.78 is 0. The molecule has 2 rings (SSSR count). The minimum atomic E-state index is 0.373. The second kappa shape index (κ2) is 3.06. The molecule has 0 unspecified atom stereocenters. The van der Waals surface area contributed by atoms with Gasteiger partial charge in [-0.25, -0.2) is 15.0 Å². The van der Waals surface area contributed by atoms with E-state index in [-0.39, 0.29) is 0 Å². The first-order chi connectivity index (χ1) is 6.58. The van der Waals surface area contributed by atoms with Crippen molar-refractivity contribution < 1.29 is 0 Å². The normalized spacial score (nSPS) is 10.8. The van der Waals surface area contributed by atoms with Gasteiger partial charge in [-0.15, -0.1) is 0 Å². The highest BCUT2D eigenvalue weighted by Gasteiger charge is 2.07. The van der Waals surface area contributed by atoms with Crippen LogP contribution in [0.15, 0.2) is 6.07 Å². The van der Waals surface area contributed by atoms with Crippen molar-refractivity contribution in [3.63, 3.8) is 0 Å². The third-order valence-electron chi connectivity index (χ3n) is 1.95. The molecule has 4 nitrogen and oxygen atoms in total. The Hall–Kier alpha value is -1.42. The van der Waals surface area contributed by atoms with Crippen molar-refractivity contribution in [1.29, 1.82) is 0 Å². The Labute approximate surface area is 86.1 Å². The molecule has 0 saturated carbocycles. The maximum Gasteiger partial charge on any atom is 0.153 e. The van der Waals surface area contributed by atoms with Gasteiger partial charge in [0.2, 0.25) is 0 Å². The van der Waals surface area contributed by atoms with Gasteiger partial charge in [0.15, 0.2) is 5.82 Å². The van der Waals surface area contributed by atoms with Gasteiger partial charge in [0.05, 0.1) is 5.52 Å². The van der Waals surface area contributed by atoms with E-state index >= 15 is 0 Å². The minimum absolute atomic E-state index is 0.373. The van der Waals surface area contributed by atoms with E-state index in [2.05, 4.69) is 15.0 Å². The van der Waals surface area contributed by atoms with Crippen molar-refractivity contribution in [2.45, 2.75) is 13.8 Å². The predicted molar refractivity (Wildman–Crippen MR) is 56.2 cm³/mol. The monoisotopic (exact) mass is 208 g/mol. The van der Waals surface area contributed by atoms with E-state index in [1.165, 1.54) is 0 Å². The van der Waals surface area contributed by atoms with Crippen LogP contribution in [0.25, 0.3) is 11.0 Å². The topological polar surface area (TPSA) is 64.7 Å². The molecule has 2 heterocycles. The number of nitrogens with zero attached hydrogens (tertiary/aromatic N) is 3. The molecule has 2 aromatic heterocycles. The number of hydrogen-bond donors (Lipinski definition) is 1. The summed E-state index contributed by atoms with van der Waals surface area (Å²) in [5, 5.41) is 0.411. The lowest BCUT2D eigenvalue weighted by atomic mass is 10.2. The summed E-state index contributed by atoms with van der Waals surface area (Å²) in [4.78, 5) is 12.4. The third-order valence-corrected chi connectivity index (χ3v) is 2.14. The van der Waals surface area contributed by atoms with E-state index in [1.54, 1.807) is 13.0 Å². The lowest BCUT2D eigenvalue weighted by Crippen LogP contribution is -2.00. The fraction of sp³-hybridized carbons (Fsp3) is 0.222. The zero-order valence-corrected chi connectivity index (χ0v) is 8.63. The summed E-state index contributed by atoms with van der Waals surface area (Å²) in [6.45, 7) is 3.71. The molecular weight excluding hydrogens is 200 g/mol. The first-order valence-corrected chi connectivity index (χ1v) is 4.52. The molecule has 0 radical (unpaired) electrons. The fourth-order valence-corrected chi connectivity index (χ4v) is 1.61. The molecular formula is C9H9ClN4. The molecule has 5 heteroatoms. The van der Waals surface area contributed by atoms with Crippen LogP contribution in [0, 0.1) is 13.8 Å². The lowest BCUT2D eigenvalue weighted by Gasteiger charge is -2.04. The molecule has 0 aliphatic carbocycles. The van der Waals surface area contributed by atoms with E-state index in [9.17, 15) is 0 Å². The van der Waals surface area contributed by atoms with Crippen LogP contribution in [0.2, 0.25) is 5.15 Å². The first-order valence-electron chi connectivity index (χ1n) is 4.15. The number of anilines is 1. The SMILES string of the molecule is Cc1nc(N)c2nc(Cl)cc(C)c2n1. The third kappa shape index (κ3) is 1.37. The quantitative estimate of drug-likeness (QED) is 0.672. The van der Waals surface area contributed by atoms with E-state index in [0.717, 1.165) is 11.1 Å². The summed E-state index contributed by atoms with van der Waals surface area (Å²) in [5.74, 6) is 1.01. The summed E-state index contributed by atoms with van der Waals surface area (Å²) in [7, 11) is 0. The van der Waals surface area contributed by atoms with Crippen molar-refractivity contribution in [3.05, 3.63) is 22.6 Å². The van der Waals surface area contributed by atoms with Crippen LogP contribution in [0.4, 0.5) is 5.82 Å². The van der Waals surface area contributed by atoms with E-state index < -0.39 is 0 Å². The summed E-state index contributed by atoms with van der Waals surface area (Å²) >= 11 is 5.81. The highest BCUT2D eigenvalue weighted by molar-refractivity contribution is 6.30. The first kappa shape index (κ1) is 9.15. The van der Waals surface area contributed by atoms with E-state index in [0.29, 0.717) is 22.3 Å². The van der Waals surface area contributed by atoms with Gasteiger partial charge in [0, 0.05) is 0 Å². The van der Waals surface area contributed by atoms with Gasteiger partial charge in [-0.3, -0.25) is 0 Å². The smallest absolute Gasteiger partial charge is 0.153 e. The largest absolute Gasteiger partial charge is 0.382 e. The van der Waals surface area contributed by atoms with Crippen molar-refractivity contribution in [2.75, 3.05) is 5.73 Å². The van der Waals surface area contributed by atoms with Crippen LogP contribution in [0.3, 0.4) is 0 Å². The van der Waals surface area contributed by atoms with Crippen molar-refractivity contribution >= 4 is 28.5 Å². The van der Waals surface area contributed by atoms with Crippen LogP contribution in [-0.2, 0) is 0 Å². The molecule has 0 aliphatic rings. The Balaban J connectivity index is 2.94. The van der Waals surface area contributed by atoms with E-state index in [1.807, 2.05) is 6.92 Å². The van der Waals surface area contributed by atoms with E-state index in [4.69, 9.17) is 17.3 Å². The second-order valence-electron chi connectivity index (χ2n) is 3.12. The summed E-state index contributed by atoms with van der Waals surface area (Å²) in [5.41, 5.74) is 8.01.